The molecular formula is C14H18F3N5. The molecule has 0 spiro atoms. The van der Waals surface area contributed by atoms with Gasteiger partial charge in [-0.25, -0.2) is 9.97 Å². The Morgan fingerprint density at radius 2 is 2.05 bits per heavy atom. The minimum atomic E-state index is -4.19. The van der Waals surface area contributed by atoms with Gasteiger partial charge in [0.05, 0.1) is 6.54 Å². The molecule has 1 saturated heterocycles. The van der Waals surface area contributed by atoms with Crippen LogP contribution in [0.25, 0.3) is 0 Å². The third kappa shape index (κ3) is 4.56. The van der Waals surface area contributed by atoms with Crippen LogP contribution >= 0.6 is 0 Å². The molecule has 0 aliphatic carbocycles. The molecule has 0 radical (unpaired) electrons. The quantitative estimate of drug-likeness (QED) is 0.835. The summed E-state index contributed by atoms with van der Waals surface area (Å²) in [5.41, 5.74) is 0.942. The Balaban J connectivity index is 2.14. The van der Waals surface area contributed by atoms with Crippen molar-refractivity contribution < 1.29 is 13.2 Å². The monoisotopic (exact) mass is 313 g/mol. The molecule has 8 heteroatoms. The van der Waals surface area contributed by atoms with Crippen molar-refractivity contribution in [2.45, 2.75) is 20.0 Å². The SMILES string of the molecule is Cc1cc(C#N)nc(N2CCN(CC(F)(F)F)C[C@H](C)C2)n1. The fourth-order valence-corrected chi connectivity index (χ4v) is 2.65. The first-order valence-corrected chi connectivity index (χ1v) is 7.06. The minimum absolute atomic E-state index is 0.0551. The summed E-state index contributed by atoms with van der Waals surface area (Å²) in [4.78, 5) is 11.7. The van der Waals surface area contributed by atoms with Gasteiger partial charge in [-0.05, 0) is 18.9 Å². The van der Waals surface area contributed by atoms with Crippen molar-refractivity contribution in [2.24, 2.45) is 5.92 Å². The third-order valence-electron chi connectivity index (χ3n) is 3.43. The van der Waals surface area contributed by atoms with E-state index in [1.807, 2.05) is 17.9 Å². The van der Waals surface area contributed by atoms with Crippen LogP contribution in [0.2, 0.25) is 0 Å². The van der Waals surface area contributed by atoms with Gasteiger partial charge in [-0.3, -0.25) is 4.90 Å². The molecule has 5 nitrogen and oxygen atoms in total. The van der Waals surface area contributed by atoms with Crippen LogP contribution < -0.4 is 4.90 Å². The Hall–Kier alpha value is -1.88. The number of halogens is 3. The van der Waals surface area contributed by atoms with Gasteiger partial charge in [0.15, 0.2) is 0 Å². The van der Waals surface area contributed by atoms with Crippen LogP contribution in [0.3, 0.4) is 0 Å². The maximum Gasteiger partial charge on any atom is 0.401 e. The van der Waals surface area contributed by atoms with Gasteiger partial charge in [-0.2, -0.15) is 18.4 Å². The van der Waals surface area contributed by atoms with E-state index in [9.17, 15) is 13.2 Å². The lowest BCUT2D eigenvalue weighted by Crippen LogP contribution is -2.38. The molecule has 22 heavy (non-hydrogen) atoms. The first-order valence-electron chi connectivity index (χ1n) is 7.06. The van der Waals surface area contributed by atoms with Crippen LogP contribution in [0.4, 0.5) is 19.1 Å². The highest BCUT2D eigenvalue weighted by atomic mass is 19.4. The predicted octanol–water partition coefficient (Wildman–Crippen LogP) is 1.98. The van der Waals surface area contributed by atoms with Gasteiger partial charge in [0, 0.05) is 31.9 Å². The lowest BCUT2D eigenvalue weighted by molar-refractivity contribution is -0.146. The average molecular weight is 313 g/mol. The second kappa shape index (κ2) is 6.48. The zero-order valence-electron chi connectivity index (χ0n) is 12.6. The molecule has 0 bridgehead atoms. The molecule has 2 rings (SSSR count). The number of nitrogens with zero attached hydrogens (tertiary/aromatic N) is 5. The fraction of sp³-hybridized carbons (Fsp3) is 0.643. The fourth-order valence-electron chi connectivity index (χ4n) is 2.65. The molecule has 0 amide bonds. The lowest BCUT2D eigenvalue weighted by Gasteiger charge is -2.22. The van der Waals surface area contributed by atoms with Crippen molar-refractivity contribution in [3.63, 3.8) is 0 Å². The van der Waals surface area contributed by atoms with Crippen LogP contribution in [0.15, 0.2) is 6.07 Å². The van der Waals surface area contributed by atoms with Gasteiger partial charge in [-0.1, -0.05) is 6.92 Å². The molecule has 0 N–H and O–H groups in total. The maximum atomic E-state index is 12.6. The summed E-state index contributed by atoms with van der Waals surface area (Å²) in [5, 5.41) is 8.97. The molecule has 1 fully saturated rings. The molecule has 2 heterocycles. The van der Waals surface area contributed by atoms with Gasteiger partial charge >= 0.3 is 6.18 Å². The number of hydrogen-bond donors (Lipinski definition) is 0. The Kier molecular flexibility index (Phi) is 4.86. The molecule has 0 unspecified atom stereocenters. The van der Waals surface area contributed by atoms with Gasteiger partial charge in [0.25, 0.3) is 0 Å². The van der Waals surface area contributed by atoms with Crippen LogP contribution in [0, 0.1) is 24.2 Å². The lowest BCUT2D eigenvalue weighted by atomic mass is 10.1. The zero-order valence-corrected chi connectivity index (χ0v) is 12.6. The number of aromatic nitrogens is 2. The van der Waals surface area contributed by atoms with E-state index in [2.05, 4.69) is 9.97 Å². The van der Waals surface area contributed by atoms with Crippen molar-refractivity contribution >= 4 is 5.95 Å². The molecule has 1 aliphatic rings. The topological polar surface area (TPSA) is 56.1 Å². The number of nitriles is 1. The first kappa shape index (κ1) is 16.5. The Labute approximate surface area is 127 Å². The number of alkyl halides is 3. The van der Waals surface area contributed by atoms with Crippen molar-refractivity contribution in [2.75, 3.05) is 37.6 Å². The highest BCUT2D eigenvalue weighted by Gasteiger charge is 2.33. The maximum absolute atomic E-state index is 12.6. The van der Waals surface area contributed by atoms with Gasteiger partial charge < -0.3 is 4.90 Å². The van der Waals surface area contributed by atoms with E-state index in [0.717, 1.165) is 0 Å². The van der Waals surface area contributed by atoms with E-state index in [1.165, 1.54) is 4.90 Å². The molecular weight excluding hydrogens is 295 g/mol. The summed E-state index contributed by atoms with van der Waals surface area (Å²) in [6.07, 6.45) is -4.19. The molecule has 1 atom stereocenters. The highest BCUT2D eigenvalue weighted by molar-refractivity contribution is 5.36. The summed E-state index contributed by atoms with van der Waals surface area (Å²) >= 11 is 0. The Bertz CT molecular complexity index is 567. The van der Waals surface area contributed by atoms with E-state index >= 15 is 0 Å². The van der Waals surface area contributed by atoms with Crippen LogP contribution in [-0.2, 0) is 0 Å². The summed E-state index contributed by atoms with van der Waals surface area (Å²) in [6, 6.07) is 3.56. The van der Waals surface area contributed by atoms with Gasteiger partial charge in [0.1, 0.15) is 11.8 Å². The minimum Gasteiger partial charge on any atom is -0.339 e. The van der Waals surface area contributed by atoms with Crippen molar-refractivity contribution in [1.29, 1.82) is 5.26 Å². The number of rotatable bonds is 2. The van der Waals surface area contributed by atoms with Crippen LogP contribution in [0.1, 0.15) is 18.3 Å². The van der Waals surface area contributed by atoms with Crippen molar-refractivity contribution in [1.82, 2.24) is 14.9 Å². The summed E-state index contributed by atoms with van der Waals surface area (Å²) in [6.45, 7) is 4.43. The largest absolute Gasteiger partial charge is 0.401 e. The molecule has 0 aromatic carbocycles. The second-order valence-corrected chi connectivity index (χ2v) is 5.71. The molecule has 120 valence electrons. The summed E-state index contributed by atoms with van der Waals surface area (Å²) in [7, 11) is 0. The standard InChI is InChI=1S/C14H18F3N5/c1-10-7-21(9-14(15,16)17)3-4-22(8-10)13-19-11(2)5-12(6-18)20-13/h5,10H,3-4,7-9H2,1-2H3/t10-/m0/s1. The molecule has 1 aromatic heterocycles. The van der Waals surface area contributed by atoms with E-state index in [-0.39, 0.29) is 11.6 Å². The third-order valence-corrected chi connectivity index (χ3v) is 3.43. The summed E-state index contributed by atoms with van der Waals surface area (Å²) in [5.74, 6) is 0.469. The normalized spacial score (nSPS) is 20.5. The van der Waals surface area contributed by atoms with E-state index in [1.54, 1.807) is 13.0 Å². The smallest absolute Gasteiger partial charge is 0.339 e. The molecule has 1 aromatic rings. The number of anilines is 1. The van der Waals surface area contributed by atoms with E-state index in [4.69, 9.17) is 5.26 Å². The molecule has 0 saturated carbocycles. The van der Waals surface area contributed by atoms with Crippen LogP contribution in [-0.4, -0.2) is 53.8 Å². The molecule has 1 aliphatic heterocycles. The van der Waals surface area contributed by atoms with Crippen molar-refractivity contribution in [3.05, 3.63) is 17.5 Å². The van der Waals surface area contributed by atoms with E-state index in [0.29, 0.717) is 37.8 Å². The Morgan fingerprint density at radius 3 is 2.68 bits per heavy atom. The zero-order chi connectivity index (χ0) is 16.3. The predicted molar refractivity (Wildman–Crippen MR) is 75.4 cm³/mol. The van der Waals surface area contributed by atoms with Gasteiger partial charge in [0.2, 0.25) is 5.95 Å². The number of hydrogen-bond acceptors (Lipinski definition) is 5. The summed E-state index contributed by atoms with van der Waals surface area (Å²) < 4.78 is 37.7. The average Bonchev–Trinajstić information content (AvgIpc) is 2.57. The van der Waals surface area contributed by atoms with E-state index < -0.39 is 12.7 Å². The highest BCUT2D eigenvalue weighted by Crippen LogP contribution is 2.20. The van der Waals surface area contributed by atoms with Crippen LogP contribution in [0.5, 0.6) is 0 Å². The number of aryl methyl sites for hydroxylation is 1. The first-order chi connectivity index (χ1) is 10.3. The Morgan fingerprint density at radius 1 is 1.32 bits per heavy atom. The second-order valence-electron chi connectivity index (χ2n) is 5.71. The van der Waals surface area contributed by atoms with Crippen molar-refractivity contribution in [3.8, 4) is 6.07 Å². The van der Waals surface area contributed by atoms with Gasteiger partial charge in [-0.15, -0.1) is 0 Å².